The predicted octanol–water partition coefficient (Wildman–Crippen LogP) is 4.66. The minimum absolute atomic E-state index is 0.377. The van der Waals surface area contributed by atoms with E-state index in [-0.39, 0.29) is 0 Å². The predicted molar refractivity (Wildman–Crippen MR) is 65.1 cm³/mol. The number of hydrogen-bond acceptors (Lipinski definition) is 1. The maximum atomic E-state index is 7.45. The summed E-state index contributed by atoms with van der Waals surface area (Å²) in [6.07, 6.45) is 4.59. The van der Waals surface area contributed by atoms with E-state index in [1.54, 1.807) is 0 Å². The van der Waals surface area contributed by atoms with E-state index < -0.39 is 0 Å². The van der Waals surface area contributed by atoms with E-state index in [0.29, 0.717) is 10.8 Å². The van der Waals surface area contributed by atoms with Gasteiger partial charge in [0.15, 0.2) is 0 Å². The van der Waals surface area contributed by atoms with E-state index in [4.69, 9.17) is 5.41 Å². The average Bonchev–Trinajstić information content (AvgIpc) is 1.99. The van der Waals surface area contributed by atoms with Crippen LogP contribution >= 0.6 is 0 Å². The lowest BCUT2D eigenvalue weighted by Gasteiger charge is -2.34. The first-order valence-corrected chi connectivity index (χ1v) is 5.72. The van der Waals surface area contributed by atoms with Gasteiger partial charge < -0.3 is 5.41 Å². The molecule has 0 unspecified atom stereocenters. The molecule has 14 heavy (non-hydrogen) atoms. The monoisotopic (exact) mass is 197 g/mol. The van der Waals surface area contributed by atoms with Gasteiger partial charge in [0, 0.05) is 5.71 Å². The van der Waals surface area contributed by atoms with Crippen molar-refractivity contribution in [3.8, 4) is 0 Å². The Morgan fingerprint density at radius 1 is 1.07 bits per heavy atom. The summed E-state index contributed by atoms with van der Waals surface area (Å²) in [5, 5.41) is 7.45. The normalized spacial score (nSPS) is 13.0. The van der Waals surface area contributed by atoms with Crippen LogP contribution in [0.25, 0.3) is 0 Å². The summed E-state index contributed by atoms with van der Waals surface area (Å²) in [5.74, 6) is 0. The van der Waals surface area contributed by atoms with Crippen LogP contribution in [0, 0.1) is 16.2 Å². The maximum absolute atomic E-state index is 7.45. The van der Waals surface area contributed by atoms with Crippen molar-refractivity contribution < 1.29 is 0 Å². The van der Waals surface area contributed by atoms with Crippen molar-refractivity contribution in [2.45, 2.75) is 67.2 Å². The van der Waals surface area contributed by atoms with Crippen LogP contribution in [0.1, 0.15) is 67.2 Å². The quantitative estimate of drug-likeness (QED) is 0.599. The molecule has 1 N–H and O–H groups in total. The zero-order valence-corrected chi connectivity index (χ0v) is 10.8. The van der Waals surface area contributed by atoms with Gasteiger partial charge in [-0.3, -0.25) is 0 Å². The van der Waals surface area contributed by atoms with E-state index in [9.17, 15) is 0 Å². The van der Waals surface area contributed by atoms with Crippen molar-refractivity contribution in [2.75, 3.05) is 0 Å². The average molecular weight is 197 g/mol. The second kappa shape index (κ2) is 4.95. The fraction of sp³-hybridized carbons (Fsp3) is 0.923. The fourth-order valence-corrected chi connectivity index (χ4v) is 2.03. The SMILES string of the molecule is CCC(C)(C)CC(C)(C)CCC(C)=N. The minimum Gasteiger partial charge on any atom is -0.310 e. The van der Waals surface area contributed by atoms with Gasteiger partial charge in [0.05, 0.1) is 0 Å². The molecule has 0 aromatic rings. The Labute approximate surface area is 89.8 Å². The van der Waals surface area contributed by atoms with Gasteiger partial charge >= 0.3 is 0 Å². The minimum atomic E-state index is 0.377. The fourth-order valence-electron chi connectivity index (χ4n) is 2.03. The molecule has 0 fully saturated rings. The Morgan fingerprint density at radius 2 is 1.57 bits per heavy atom. The van der Waals surface area contributed by atoms with Crippen LogP contribution in [0.15, 0.2) is 0 Å². The first kappa shape index (κ1) is 13.7. The molecular formula is C13H27N. The lowest BCUT2D eigenvalue weighted by atomic mass is 9.71. The smallest absolute Gasteiger partial charge is 0.00584 e. The standard InChI is InChI=1S/C13H27N/c1-7-12(3,4)10-13(5,6)9-8-11(2)14/h14H,7-10H2,1-6H3. The number of hydrogen-bond donors (Lipinski definition) is 1. The molecule has 0 bridgehead atoms. The van der Waals surface area contributed by atoms with E-state index in [0.717, 1.165) is 18.6 Å². The second-order valence-electron chi connectivity index (χ2n) is 6.14. The molecular weight excluding hydrogens is 170 g/mol. The molecule has 84 valence electrons. The molecule has 0 atom stereocenters. The van der Waals surface area contributed by atoms with Crippen LogP contribution in [0.2, 0.25) is 0 Å². The maximum Gasteiger partial charge on any atom is 0.00584 e. The Hall–Kier alpha value is -0.330. The molecule has 0 amide bonds. The zero-order valence-electron chi connectivity index (χ0n) is 10.8. The van der Waals surface area contributed by atoms with Crippen molar-refractivity contribution in [3.63, 3.8) is 0 Å². The molecule has 1 heteroatoms. The Morgan fingerprint density at radius 3 is 1.93 bits per heavy atom. The van der Waals surface area contributed by atoms with Crippen LogP contribution in [0.5, 0.6) is 0 Å². The van der Waals surface area contributed by atoms with E-state index in [1.165, 1.54) is 12.8 Å². The first-order valence-electron chi connectivity index (χ1n) is 5.72. The third-order valence-electron chi connectivity index (χ3n) is 3.09. The third-order valence-corrected chi connectivity index (χ3v) is 3.09. The van der Waals surface area contributed by atoms with Gasteiger partial charge in [-0.15, -0.1) is 0 Å². The van der Waals surface area contributed by atoms with Crippen LogP contribution in [-0.4, -0.2) is 5.71 Å². The topological polar surface area (TPSA) is 23.9 Å². The largest absolute Gasteiger partial charge is 0.310 e. The van der Waals surface area contributed by atoms with Gasteiger partial charge in [-0.25, -0.2) is 0 Å². The third kappa shape index (κ3) is 6.17. The molecule has 0 saturated carbocycles. The Bertz CT molecular complexity index is 189. The molecule has 0 saturated heterocycles. The molecule has 0 radical (unpaired) electrons. The van der Waals surface area contributed by atoms with E-state index >= 15 is 0 Å². The Kier molecular flexibility index (Phi) is 4.83. The molecule has 1 nitrogen and oxygen atoms in total. The molecule has 0 aliphatic rings. The summed E-state index contributed by atoms with van der Waals surface area (Å²) in [5.41, 5.74) is 1.63. The summed E-state index contributed by atoms with van der Waals surface area (Å²) >= 11 is 0. The van der Waals surface area contributed by atoms with Crippen molar-refractivity contribution >= 4 is 5.71 Å². The van der Waals surface area contributed by atoms with Crippen LogP contribution in [0.3, 0.4) is 0 Å². The highest BCUT2D eigenvalue weighted by atomic mass is 14.4. The van der Waals surface area contributed by atoms with Crippen molar-refractivity contribution in [3.05, 3.63) is 0 Å². The molecule has 0 aromatic carbocycles. The molecule has 0 aliphatic carbocycles. The highest BCUT2D eigenvalue weighted by Gasteiger charge is 2.27. The lowest BCUT2D eigenvalue weighted by molar-refractivity contribution is 0.179. The summed E-state index contributed by atoms with van der Waals surface area (Å²) in [6, 6.07) is 0. The summed E-state index contributed by atoms with van der Waals surface area (Å²) < 4.78 is 0. The van der Waals surface area contributed by atoms with Gasteiger partial charge in [0.2, 0.25) is 0 Å². The molecule has 0 aromatic heterocycles. The Balaban J connectivity index is 4.12. The summed E-state index contributed by atoms with van der Waals surface area (Å²) in [6.45, 7) is 13.5. The van der Waals surface area contributed by atoms with Crippen molar-refractivity contribution in [1.82, 2.24) is 0 Å². The zero-order chi connectivity index (χ0) is 11.4. The van der Waals surface area contributed by atoms with Crippen LogP contribution in [0.4, 0.5) is 0 Å². The van der Waals surface area contributed by atoms with Crippen molar-refractivity contribution in [2.24, 2.45) is 10.8 Å². The van der Waals surface area contributed by atoms with Gasteiger partial charge in [-0.1, -0.05) is 41.0 Å². The molecule has 0 spiro atoms. The first-order chi connectivity index (χ1) is 6.18. The summed E-state index contributed by atoms with van der Waals surface area (Å²) in [4.78, 5) is 0. The highest BCUT2D eigenvalue weighted by Crippen LogP contribution is 2.38. The van der Waals surface area contributed by atoms with Gasteiger partial charge in [0.25, 0.3) is 0 Å². The van der Waals surface area contributed by atoms with E-state index in [1.807, 2.05) is 6.92 Å². The van der Waals surface area contributed by atoms with Crippen LogP contribution in [-0.2, 0) is 0 Å². The van der Waals surface area contributed by atoms with E-state index in [2.05, 4.69) is 34.6 Å². The number of nitrogens with one attached hydrogen (secondary N) is 1. The van der Waals surface area contributed by atoms with Gasteiger partial charge in [0.1, 0.15) is 0 Å². The number of rotatable bonds is 6. The van der Waals surface area contributed by atoms with Gasteiger partial charge in [-0.05, 0) is 37.0 Å². The van der Waals surface area contributed by atoms with Crippen molar-refractivity contribution in [1.29, 1.82) is 5.41 Å². The molecule has 0 aliphatic heterocycles. The molecule has 0 rings (SSSR count). The molecule has 0 heterocycles. The summed E-state index contributed by atoms with van der Waals surface area (Å²) in [7, 11) is 0. The highest BCUT2D eigenvalue weighted by molar-refractivity contribution is 5.78. The second-order valence-corrected chi connectivity index (χ2v) is 6.14. The van der Waals surface area contributed by atoms with Crippen LogP contribution < -0.4 is 0 Å². The lowest BCUT2D eigenvalue weighted by Crippen LogP contribution is -2.23. The van der Waals surface area contributed by atoms with Gasteiger partial charge in [-0.2, -0.15) is 0 Å².